The lowest BCUT2D eigenvalue weighted by Gasteiger charge is -2.31. The summed E-state index contributed by atoms with van der Waals surface area (Å²) in [6.45, 7) is 7.25. The van der Waals surface area contributed by atoms with Crippen molar-refractivity contribution in [3.8, 4) is 5.88 Å². The van der Waals surface area contributed by atoms with Crippen molar-refractivity contribution in [2.45, 2.75) is 58.2 Å². The molecule has 1 aromatic carbocycles. The van der Waals surface area contributed by atoms with Gasteiger partial charge in [-0.2, -0.15) is 0 Å². The van der Waals surface area contributed by atoms with Crippen LogP contribution in [0.5, 0.6) is 5.88 Å². The Morgan fingerprint density at radius 1 is 1.09 bits per heavy atom. The van der Waals surface area contributed by atoms with E-state index in [9.17, 15) is 4.79 Å². The molecule has 5 rings (SSSR count). The Kier molecular flexibility index (Phi) is 5.83. The number of hydrogen-bond donors (Lipinski definition) is 1. The zero-order valence-corrected chi connectivity index (χ0v) is 18.9. The molecule has 2 fully saturated rings. The second-order valence-electron chi connectivity index (χ2n) is 9.09. The lowest BCUT2D eigenvalue weighted by molar-refractivity contribution is -0.122. The SMILES string of the molecule is Cc1c(C)n(Cc2ccccc2)c2ncnc(OC3CCN(CC(=O)NC4CC4)CC3)c12. The van der Waals surface area contributed by atoms with Crippen LogP contribution in [0.4, 0.5) is 0 Å². The number of carbonyl (C=O) groups excluding carboxylic acids is 1. The Labute approximate surface area is 188 Å². The average molecular weight is 434 g/mol. The Morgan fingerprint density at radius 3 is 2.56 bits per heavy atom. The second kappa shape index (κ2) is 8.90. The first kappa shape index (κ1) is 20.9. The number of amides is 1. The van der Waals surface area contributed by atoms with Crippen LogP contribution in [0.3, 0.4) is 0 Å². The molecule has 1 saturated carbocycles. The van der Waals surface area contributed by atoms with Gasteiger partial charge in [0.05, 0.1) is 11.9 Å². The van der Waals surface area contributed by atoms with Crippen LogP contribution >= 0.6 is 0 Å². The van der Waals surface area contributed by atoms with Crippen LogP contribution in [0.1, 0.15) is 42.5 Å². The van der Waals surface area contributed by atoms with E-state index >= 15 is 0 Å². The highest BCUT2D eigenvalue weighted by molar-refractivity contribution is 5.86. The van der Waals surface area contributed by atoms with Crippen molar-refractivity contribution in [3.05, 3.63) is 53.5 Å². The van der Waals surface area contributed by atoms with Crippen LogP contribution in [0.15, 0.2) is 36.7 Å². The molecule has 1 aliphatic heterocycles. The quantitative estimate of drug-likeness (QED) is 0.619. The maximum atomic E-state index is 12.1. The number of aryl methyl sites for hydroxylation is 1. The molecule has 32 heavy (non-hydrogen) atoms. The van der Waals surface area contributed by atoms with Crippen molar-refractivity contribution in [2.24, 2.45) is 0 Å². The number of piperidine rings is 1. The minimum atomic E-state index is 0.105. The molecule has 1 amide bonds. The third-order valence-corrected chi connectivity index (χ3v) is 6.68. The summed E-state index contributed by atoms with van der Waals surface area (Å²) in [4.78, 5) is 23.4. The Hall–Kier alpha value is -2.93. The number of carbonyl (C=O) groups is 1. The number of hydrogen-bond acceptors (Lipinski definition) is 5. The highest BCUT2D eigenvalue weighted by Gasteiger charge is 2.27. The summed E-state index contributed by atoms with van der Waals surface area (Å²) >= 11 is 0. The molecule has 1 aliphatic carbocycles. The van der Waals surface area contributed by atoms with Gasteiger partial charge in [-0.25, -0.2) is 9.97 Å². The van der Waals surface area contributed by atoms with E-state index in [0.29, 0.717) is 18.5 Å². The Bertz CT molecular complexity index is 1100. The molecule has 0 spiro atoms. The standard InChI is InChI=1S/C25H31N5O2/c1-17-18(2)30(14-19-6-4-3-5-7-19)24-23(17)25(27-16-26-24)32-21-10-12-29(13-11-21)15-22(31)28-20-8-9-20/h3-7,16,20-21H,8-15H2,1-2H3,(H,28,31). The van der Waals surface area contributed by atoms with E-state index < -0.39 is 0 Å². The summed E-state index contributed by atoms with van der Waals surface area (Å²) in [6.07, 6.45) is 5.75. The molecule has 7 nitrogen and oxygen atoms in total. The smallest absolute Gasteiger partial charge is 0.234 e. The highest BCUT2D eigenvalue weighted by atomic mass is 16.5. The number of likely N-dealkylation sites (tertiary alicyclic amines) is 1. The van der Waals surface area contributed by atoms with E-state index in [1.807, 2.05) is 6.07 Å². The molecular weight excluding hydrogens is 402 g/mol. The minimum Gasteiger partial charge on any atom is -0.474 e. The molecule has 168 valence electrons. The maximum Gasteiger partial charge on any atom is 0.234 e. The number of rotatable bonds is 7. The molecule has 3 aromatic rings. The van der Waals surface area contributed by atoms with Crippen molar-refractivity contribution in [1.82, 2.24) is 24.8 Å². The summed E-state index contributed by atoms with van der Waals surface area (Å²) in [5, 5.41) is 4.08. The molecule has 1 N–H and O–H groups in total. The van der Waals surface area contributed by atoms with Crippen molar-refractivity contribution >= 4 is 16.9 Å². The van der Waals surface area contributed by atoms with Gasteiger partial charge in [0, 0.05) is 31.4 Å². The molecule has 3 heterocycles. The van der Waals surface area contributed by atoms with E-state index in [-0.39, 0.29) is 12.0 Å². The first-order valence-corrected chi connectivity index (χ1v) is 11.6. The number of nitrogens with one attached hydrogen (secondary N) is 1. The van der Waals surface area contributed by atoms with Gasteiger partial charge in [-0.3, -0.25) is 9.69 Å². The zero-order valence-electron chi connectivity index (χ0n) is 18.9. The van der Waals surface area contributed by atoms with Gasteiger partial charge >= 0.3 is 0 Å². The van der Waals surface area contributed by atoms with Crippen molar-refractivity contribution in [1.29, 1.82) is 0 Å². The first-order valence-electron chi connectivity index (χ1n) is 11.6. The lowest BCUT2D eigenvalue weighted by atomic mass is 10.1. The van der Waals surface area contributed by atoms with Crippen LogP contribution in [-0.2, 0) is 11.3 Å². The van der Waals surface area contributed by atoms with Gasteiger partial charge in [0.2, 0.25) is 11.8 Å². The van der Waals surface area contributed by atoms with Crippen LogP contribution in [-0.4, -0.2) is 57.1 Å². The fraction of sp³-hybridized carbons (Fsp3) is 0.480. The van der Waals surface area contributed by atoms with E-state index in [4.69, 9.17) is 4.74 Å². The number of ether oxygens (including phenoxy) is 1. The van der Waals surface area contributed by atoms with Crippen LogP contribution in [0, 0.1) is 13.8 Å². The average Bonchev–Trinajstić information content (AvgIpc) is 3.58. The molecule has 2 aromatic heterocycles. The van der Waals surface area contributed by atoms with E-state index in [0.717, 1.165) is 56.4 Å². The van der Waals surface area contributed by atoms with Gasteiger partial charge in [-0.05, 0) is 50.7 Å². The summed E-state index contributed by atoms with van der Waals surface area (Å²) in [5.41, 5.74) is 4.51. The number of benzene rings is 1. The fourth-order valence-corrected chi connectivity index (χ4v) is 4.53. The summed E-state index contributed by atoms with van der Waals surface area (Å²) < 4.78 is 8.65. The highest BCUT2D eigenvalue weighted by Crippen LogP contribution is 2.32. The number of fused-ring (bicyclic) bond motifs is 1. The first-order chi connectivity index (χ1) is 15.6. The monoisotopic (exact) mass is 433 g/mol. The predicted molar refractivity (Wildman–Crippen MR) is 124 cm³/mol. The van der Waals surface area contributed by atoms with Crippen molar-refractivity contribution in [3.63, 3.8) is 0 Å². The van der Waals surface area contributed by atoms with Crippen LogP contribution in [0.2, 0.25) is 0 Å². The molecule has 0 radical (unpaired) electrons. The maximum absolute atomic E-state index is 12.1. The zero-order chi connectivity index (χ0) is 22.1. The van der Waals surface area contributed by atoms with E-state index in [1.54, 1.807) is 6.33 Å². The third-order valence-electron chi connectivity index (χ3n) is 6.68. The molecule has 0 bridgehead atoms. The van der Waals surface area contributed by atoms with Crippen molar-refractivity contribution < 1.29 is 9.53 Å². The topological polar surface area (TPSA) is 72.3 Å². The minimum absolute atomic E-state index is 0.105. The van der Waals surface area contributed by atoms with Gasteiger partial charge in [0.1, 0.15) is 18.1 Å². The van der Waals surface area contributed by atoms with Crippen LogP contribution in [0.25, 0.3) is 11.0 Å². The predicted octanol–water partition coefficient (Wildman–Crippen LogP) is 3.22. The van der Waals surface area contributed by atoms with Gasteiger partial charge in [-0.15, -0.1) is 0 Å². The largest absolute Gasteiger partial charge is 0.474 e. The molecule has 0 atom stereocenters. The number of nitrogens with zero attached hydrogens (tertiary/aromatic N) is 4. The summed E-state index contributed by atoms with van der Waals surface area (Å²) in [7, 11) is 0. The molecule has 0 unspecified atom stereocenters. The summed E-state index contributed by atoms with van der Waals surface area (Å²) in [5.74, 6) is 0.822. The molecular formula is C25H31N5O2. The molecule has 2 aliphatic rings. The van der Waals surface area contributed by atoms with E-state index in [1.165, 1.54) is 16.8 Å². The van der Waals surface area contributed by atoms with Gasteiger partial charge in [0.25, 0.3) is 0 Å². The molecule has 7 heteroatoms. The fourth-order valence-electron chi connectivity index (χ4n) is 4.53. The van der Waals surface area contributed by atoms with Crippen LogP contribution < -0.4 is 10.1 Å². The summed E-state index contributed by atoms with van der Waals surface area (Å²) in [6, 6.07) is 10.9. The van der Waals surface area contributed by atoms with Gasteiger partial charge in [-0.1, -0.05) is 30.3 Å². The third kappa shape index (κ3) is 4.48. The second-order valence-corrected chi connectivity index (χ2v) is 9.09. The van der Waals surface area contributed by atoms with Gasteiger partial charge in [0.15, 0.2) is 0 Å². The lowest BCUT2D eigenvalue weighted by Crippen LogP contribution is -2.44. The van der Waals surface area contributed by atoms with E-state index in [2.05, 4.69) is 62.9 Å². The Balaban J connectivity index is 1.28. The van der Waals surface area contributed by atoms with Gasteiger partial charge < -0.3 is 14.6 Å². The van der Waals surface area contributed by atoms with Crippen molar-refractivity contribution in [2.75, 3.05) is 19.6 Å². The molecule has 1 saturated heterocycles. The Morgan fingerprint density at radius 2 is 1.84 bits per heavy atom. The normalized spacial score (nSPS) is 17.6. The number of aromatic nitrogens is 3.